The summed E-state index contributed by atoms with van der Waals surface area (Å²) >= 11 is 0. The van der Waals surface area contributed by atoms with Crippen LogP contribution < -0.4 is 5.73 Å². The molecule has 0 heterocycles. The van der Waals surface area contributed by atoms with E-state index in [0.717, 1.165) is 0 Å². The van der Waals surface area contributed by atoms with Crippen LogP contribution >= 0.6 is 0 Å². The van der Waals surface area contributed by atoms with Gasteiger partial charge in [0.15, 0.2) is 5.78 Å². The summed E-state index contributed by atoms with van der Waals surface area (Å²) in [6.45, 7) is 4.62. The highest BCUT2D eigenvalue weighted by atomic mass is 16.4. The third-order valence-electron chi connectivity index (χ3n) is 1.27. The molecule has 0 rings (SSSR count). The van der Waals surface area contributed by atoms with Crippen LogP contribution in [0.3, 0.4) is 0 Å². The lowest BCUT2D eigenvalue weighted by atomic mass is 10.00. The van der Waals surface area contributed by atoms with Crippen LogP contribution in [0.25, 0.3) is 0 Å². The molecular formula is C7H11NO3. The number of ketones is 1. The van der Waals surface area contributed by atoms with E-state index >= 15 is 0 Å². The predicted molar refractivity (Wildman–Crippen MR) is 40.0 cm³/mol. The van der Waals surface area contributed by atoms with Crippen molar-refractivity contribution in [3.05, 3.63) is 12.2 Å². The summed E-state index contributed by atoms with van der Waals surface area (Å²) in [6.07, 6.45) is 0. The zero-order chi connectivity index (χ0) is 9.02. The van der Waals surface area contributed by atoms with Crippen LogP contribution in [0.15, 0.2) is 12.2 Å². The summed E-state index contributed by atoms with van der Waals surface area (Å²) in [4.78, 5) is 21.3. The van der Waals surface area contributed by atoms with E-state index in [1.807, 2.05) is 0 Å². The second kappa shape index (κ2) is 3.88. The van der Waals surface area contributed by atoms with Gasteiger partial charge in [-0.05, 0) is 12.5 Å². The van der Waals surface area contributed by atoms with Crippen molar-refractivity contribution in [1.82, 2.24) is 0 Å². The fourth-order valence-corrected chi connectivity index (χ4v) is 0.617. The average Bonchev–Trinajstić information content (AvgIpc) is 1.88. The first kappa shape index (κ1) is 9.84. The first-order valence-corrected chi connectivity index (χ1v) is 3.13. The SMILES string of the molecule is C=C(C)C(=O)C(CN)C(=O)O. The van der Waals surface area contributed by atoms with Crippen LogP contribution in [0.5, 0.6) is 0 Å². The van der Waals surface area contributed by atoms with E-state index in [4.69, 9.17) is 10.8 Å². The summed E-state index contributed by atoms with van der Waals surface area (Å²) in [6, 6.07) is 0. The van der Waals surface area contributed by atoms with E-state index in [2.05, 4.69) is 6.58 Å². The number of aliphatic carboxylic acids is 1. The molecule has 0 saturated carbocycles. The van der Waals surface area contributed by atoms with Crippen LogP contribution in [0.4, 0.5) is 0 Å². The minimum atomic E-state index is -1.19. The summed E-state index contributed by atoms with van der Waals surface area (Å²) in [5.41, 5.74) is 5.29. The van der Waals surface area contributed by atoms with E-state index < -0.39 is 17.7 Å². The molecule has 1 unspecified atom stereocenters. The molecule has 0 fully saturated rings. The third kappa shape index (κ3) is 2.51. The molecule has 0 aliphatic heterocycles. The monoisotopic (exact) mass is 157 g/mol. The summed E-state index contributed by atoms with van der Waals surface area (Å²) in [5, 5.41) is 8.45. The van der Waals surface area contributed by atoms with Crippen molar-refractivity contribution in [2.24, 2.45) is 11.7 Å². The Morgan fingerprint density at radius 3 is 2.18 bits per heavy atom. The second-order valence-corrected chi connectivity index (χ2v) is 2.27. The predicted octanol–water partition coefficient (Wildman–Crippen LogP) is -0.209. The molecule has 11 heavy (non-hydrogen) atoms. The van der Waals surface area contributed by atoms with E-state index in [1.165, 1.54) is 6.92 Å². The van der Waals surface area contributed by atoms with Gasteiger partial charge in [0.1, 0.15) is 5.92 Å². The van der Waals surface area contributed by atoms with E-state index in [9.17, 15) is 9.59 Å². The highest BCUT2D eigenvalue weighted by molar-refractivity contribution is 6.07. The van der Waals surface area contributed by atoms with Crippen LogP contribution in [0.1, 0.15) is 6.92 Å². The molecule has 4 heteroatoms. The van der Waals surface area contributed by atoms with Gasteiger partial charge >= 0.3 is 5.97 Å². The van der Waals surface area contributed by atoms with Crippen LogP contribution in [-0.4, -0.2) is 23.4 Å². The van der Waals surface area contributed by atoms with Crippen molar-refractivity contribution in [2.45, 2.75) is 6.92 Å². The molecule has 0 aliphatic rings. The fraction of sp³-hybridized carbons (Fsp3) is 0.429. The molecule has 0 bridgehead atoms. The van der Waals surface area contributed by atoms with E-state index in [1.54, 1.807) is 0 Å². The number of carbonyl (C=O) groups is 2. The van der Waals surface area contributed by atoms with Gasteiger partial charge in [-0.25, -0.2) is 0 Å². The smallest absolute Gasteiger partial charge is 0.315 e. The molecule has 0 aromatic heterocycles. The number of carboxylic acids is 1. The summed E-state index contributed by atoms with van der Waals surface area (Å²) in [7, 11) is 0. The topological polar surface area (TPSA) is 80.4 Å². The maximum atomic E-state index is 11.0. The molecule has 0 aromatic rings. The summed E-state index contributed by atoms with van der Waals surface area (Å²) < 4.78 is 0. The molecule has 1 atom stereocenters. The summed E-state index contributed by atoms with van der Waals surface area (Å²) in [5.74, 6) is -2.83. The average molecular weight is 157 g/mol. The molecule has 0 radical (unpaired) electrons. The maximum Gasteiger partial charge on any atom is 0.315 e. The van der Waals surface area contributed by atoms with Crippen LogP contribution in [0, 0.1) is 5.92 Å². The van der Waals surface area contributed by atoms with Gasteiger partial charge in [0, 0.05) is 6.54 Å². The lowest BCUT2D eigenvalue weighted by molar-refractivity contribution is -0.144. The number of carboxylic acid groups (broad SMARTS) is 1. The lowest BCUT2D eigenvalue weighted by Crippen LogP contribution is -2.31. The number of Topliss-reactive ketones (excluding diaryl/α,β-unsaturated/α-hetero) is 1. The van der Waals surface area contributed by atoms with Gasteiger partial charge in [0.2, 0.25) is 0 Å². The molecule has 0 aliphatic carbocycles. The first-order valence-electron chi connectivity index (χ1n) is 3.13. The van der Waals surface area contributed by atoms with Crippen molar-refractivity contribution >= 4 is 11.8 Å². The number of hydrogen-bond donors (Lipinski definition) is 2. The van der Waals surface area contributed by atoms with Crippen molar-refractivity contribution < 1.29 is 14.7 Å². The molecule has 3 N–H and O–H groups in total. The number of allylic oxidation sites excluding steroid dienone is 1. The fourth-order valence-electron chi connectivity index (χ4n) is 0.617. The van der Waals surface area contributed by atoms with E-state index in [0.29, 0.717) is 0 Å². The lowest BCUT2D eigenvalue weighted by Gasteiger charge is -2.06. The molecule has 4 nitrogen and oxygen atoms in total. The number of rotatable bonds is 4. The molecule has 0 spiro atoms. The highest BCUT2D eigenvalue weighted by Gasteiger charge is 2.24. The standard InChI is InChI=1S/C7H11NO3/c1-4(2)6(9)5(3-8)7(10)11/h5H,1,3,8H2,2H3,(H,10,11). The Morgan fingerprint density at radius 2 is 2.09 bits per heavy atom. The van der Waals surface area contributed by atoms with Crippen LogP contribution in [-0.2, 0) is 9.59 Å². The first-order chi connectivity index (χ1) is 5.00. The second-order valence-electron chi connectivity index (χ2n) is 2.27. The number of carbonyl (C=O) groups excluding carboxylic acids is 1. The molecule has 0 aromatic carbocycles. The van der Waals surface area contributed by atoms with Gasteiger partial charge in [0.25, 0.3) is 0 Å². The Morgan fingerprint density at radius 1 is 1.64 bits per heavy atom. The Labute approximate surface area is 64.7 Å². The maximum absolute atomic E-state index is 11.0. The third-order valence-corrected chi connectivity index (χ3v) is 1.27. The Bertz CT molecular complexity index is 198. The minimum Gasteiger partial charge on any atom is -0.481 e. The van der Waals surface area contributed by atoms with Gasteiger partial charge in [-0.15, -0.1) is 0 Å². The molecule has 0 saturated heterocycles. The number of hydrogen-bond acceptors (Lipinski definition) is 3. The normalized spacial score (nSPS) is 12.2. The Balaban J connectivity index is 4.39. The highest BCUT2D eigenvalue weighted by Crippen LogP contribution is 2.03. The minimum absolute atomic E-state index is 0.180. The number of nitrogens with two attached hydrogens (primary N) is 1. The van der Waals surface area contributed by atoms with Crippen molar-refractivity contribution in [2.75, 3.05) is 6.54 Å². The van der Waals surface area contributed by atoms with Gasteiger partial charge < -0.3 is 10.8 Å². The van der Waals surface area contributed by atoms with Crippen molar-refractivity contribution in [3.63, 3.8) is 0 Å². The molecule has 62 valence electrons. The Hall–Kier alpha value is -1.16. The van der Waals surface area contributed by atoms with Gasteiger partial charge in [-0.3, -0.25) is 9.59 Å². The van der Waals surface area contributed by atoms with Gasteiger partial charge in [-0.2, -0.15) is 0 Å². The van der Waals surface area contributed by atoms with Gasteiger partial charge in [-0.1, -0.05) is 6.58 Å². The van der Waals surface area contributed by atoms with Gasteiger partial charge in [0.05, 0.1) is 0 Å². The zero-order valence-electron chi connectivity index (χ0n) is 6.33. The molecule has 0 amide bonds. The van der Waals surface area contributed by atoms with Crippen molar-refractivity contribution in [1.29, 1.82) is 0 Å². The van der Waals surface area contributed by atoms with Crippen molar-refractivity contribution in [3.8, 4) is 0 Å². The molecular weight excluding hydrogens is 146 g/mol. The Kier molecular flexibility index (Phi) is 3.47. The zero-order valence-corrected chi connectivity index (χ0v) is 6.33. The van der Waals surface area contributed by atoms with E-state index in [-0.39, 0.29) is 12.1 Å². The largest absolute Gasteiger partial charge is 0.481 e. The quantitative estimate of drug-likeness (QED) is 0.437. The van der Waals surface area contributed by atoms with Crippen LogP contribution in [0.2, 0.25) is 0 Å².